The summed E-state index contributed by atoms with van der Waals surface area (Å²) in [5.74, 6) is -2.84. The lowest BCUT2D eigenvalue weighted by Crippen LogP contribution is -2.43. The molecule has 0 spiro atoms. The molecule has 1 saturated heterocycles. The number of aromatic nitrogens is 1. The van der Waals surface area contributed by atoms with E-state index in [1.807, 2.05) is 0 Å². The molecule has 6 nitrogen and oxygen atoms in total. The molecule has 7 heteroatoms. The topological polar surface area (TPSA) is 74.6 Å². The normalized spacial score (nSPS) is 31.5. The summed E-state index contributed by atoms with van der Waals surface area (Å²) in [7, 11) is 0. The van der Waals surface area contributed by atoms with Gasteiger partial charge in [-0.3, -0.25) is 4.79 Å². The minimum atomic E-state index is -3.26. The average Bonchev–Trinajstić information content (AvgIpc) is 3.45. The molecule has 0 amide bonds. The van der Waals surface area contributed by atoms with Gasteiger partial charge in [0.25, 0.3) is 0 Å². The highest BCUT2D eigenvalue weighted by Crippen LogP contribution is 2.38. The third kappa shape index (κ3) is 2.45. The van der Waals surface area contributed by atoms with Crippen LogP contribution in [0.1, 0.15) is 40.2 Å². The molecule has 2 heterocycles. The minimum absolute atomic E-state index is 0.00477. The standard InChI is InChI=1S/C17H18FN3O3/c18-13-7-11-14(8-15(13)20-5-3-19-4-6-20)21(10-1-2-10)9-12(16(11)22)17(23)24/h7-10,19H,1-6H2,(H,23,24)/i3D2,4D2,5D2,6D2. The summed E-state index contributed by atoms with van der Waals surface area (Å²) in [6.45, 7) is -12.8. The number of rotatable bonds is 3. The SMILES string of the molecule is [2H]C1([2H])NC([2H])([2H])C([2H])([2H])N(c2cc3c(cc2F)c(=O)c(C(=O)O)cn3C2CC2)C1([2H])[2H]. The largest absolute Gasteiger partial charge is 0.477 e. The Balaban J connectivity index is 2.05. The molecule has 1 aliphatic carbocycles. The number of hydrogen-bond donors (Lipinski definition) is 2. The van der Waals surface area contributed by atoms with Gasteiger partial charge in [-0.2, -0.15) is 0 Å². The van der Waals surface area contributed by atoms with Crippen LogP contribution in [0, 0.1) is 5.82 Å². The van der Waals surface area contributed by atoms with Crippen LogP contribution in [-0.4, -0.2) is 41.6 Å². The minimum Gasteiger partial charge on any atom is -0.477 e. The molecule has 0 bridgehead atoms. The summed E-state index contributed by atoms with van der Waals surface area (Å²) in [5, 5.41) is 10.7. The maximum absolute atomic E-state index is 15.2. The third-order valence-corrected chi connectivity index (χ3v) is 3.97. The monoisotopic (exact) mass is 339 g/mol. The van der Waals surface area contributed by atoms with Crippen molar-refractivity contribution in [3.63, 3.8) is 0 Å². The molecule has 2 aliphatic rings. The van der Waals surface area contributed by atoms with E-state index in [0.717, 1.165) is 12.3 Å². The Bertz CT molecular complexity index is 1190. The van der Waals surface area contributed by atoms with Crippen molar-refractivity contribution in [3.05, 3.63) is 39.9 Å². The number of carbonyl (C=O) groups is 1. The molecule has 2 N–H and O–H groups in total. The van der Waals surface area contributed by atoms with Crippen LogP contribution < -0.4 is 15.6 Å². The fraction of sp³-hybridized carbons (Fsp3) is 0.412. The van der Waals surface area contributed by atoms with E-state index >= 15 is 4.39 Å². The summed E-state index contributed by atoms with van der Waals surface area (Å²) in [6.07, 6.45) is 2.38. The molecule has 0 radical (unpaired) electrons. The van der Waals surface area contributed by atoms with Gasteiger partial charge in [0.05, 0.1) is 16.7 Å². The number of benzene rings is 1. The second kappa shape index (κ2) is 5.59. The Morgan fingerprint density at radius 2 is 2.04 bits per heavy atom. The Morgan fingerprint density at radius 1 is 1.33 bits per heavy atom. The highest BCUT2D eigenvalue weighted by Gasteiger charge is 2.28. The van der Waals surface area contributed by atoms with Gasteiger partial charge in [0.1, 0.15) is 11.4 Å². The second-order valence-electron chi connectivity index (χ2n) is 5.57. The fourth-order valence-electron chi connectivity index (χ4n) is 2.68. The smallest absolute Gasteiger partial charge is 0.341 e. The Labute approximate surface area is 148 Å². The molecule has 0 atom stereocenters. The number of nitrogens with one attached hydrogen (secondary N) is 1. The van der Waals surface area contributed by atoms with Crippen LogP contribution in [0.15, 0.2) is 23.1 Å². The van der Waals surface area contributed by atoms with Crippen molar-refractivity contribution < 1.29 is 25.3 Å². The van der Waals surface area contributed by atoms with Crippen molar-refractivity contribution >= 4 is 22.6 Å². The van der Waals surface area contributed by atoms with Gasteiger partial charge in [0.15, 0.2) is 0 Å². The van der Waals surface area contributed by atoms with Crippen LogP contribution >= 0.6 is 0 Å². The predicted octanol–water partition coefficient (Wildman–Crippen LogP) is 1.58. The maximum Gasteiger partial charge on any atom is 0.341 e. The van der Waals surface area contributed by atoms with E-state index in [9.17, 15) is 14.7 Å². The van der Waals surface area contributed by atoms with Gasteiger partial charge in [-0.05, 0) is 25.0 Å². The average molecular weight is 339 g/mol. The molecule has 0 unspecified atom stereocenters. The van der Waals surface area contributed by atoms with Crippen LogP contribution in [-0.2, 0) is 0 Å². The summed E-state index contributed by atoms with van der Waals surface area (Å²) >= 11 is 0. The second-order valence-corrected chi connectivity index (χ2v) is 5.57. The molecule has 24 heavy (non-hydrogen) atoms. The summed E-state index contributed by atoms with van der Waals surface area (Å²) < 4.78 is 80.9. The number of anilines is 1. The lowest BCUT2D eigenvalue weighted by atomic mass is 10.1. The zero-order chi connectivity index (χ0) is 24.0. The Kier molecular flexibility index (Phi) is 2.01. The first-order chi connectivity index (χ1) is 14.5. The third-order valence-electron chi connectivity index (χ3n) is 3.97. The van der Waals surface area contributed by atoms with Gasteiger partial charge < -0.3 is 19.9 Å². The zero-order valence-corrected chi connectivity index (χ0v) is 12.3. The lowest BCUT2D eigenvalue weighted by Gasteiger charge is -2.30. The summed E-state index contributed by atoms with van der Waals surface area (Å²) in [6, 6.07) is 1.38. The number of halogens is 1. The van der Waals surface area contributed by atoms with E-state index < -0.39 is 54.5 Å². The number of fused-ring (bicyclic) bond motifs is 1. The highest BCUT2D eigenvalue weighted by atomic mass is 19.1. The fourth-order valence-corrected chi connectivity index (χ4v) is 2.68. The van der Waals surface area contributed by atoms with E-state index in [0.29, 0.717) is 18.9 Å². The molecule has 2 aromatic rings. The van der Waals surface area contributed by atoms with Gasteiger partial charge in [0.2, 0.25) is 5.43 Å². The van der Waals surface area contributed by atoms with Gasteiger partial charge in [-0.25, -0.2) is 9.18 Å². The van der Waals surface area contributed by atoms with E-state index in [4.69, 9.17) is 11.0 Å². The van der Waals surface area contributed by atoms with Crippen molar-refractivity contribution in [2.75, 3.05) is 30.9 Å². The predicted molar refractivity (Wildman–Crippen MR) is 88.5 cm³/mol. The molecular weight excluding hydrogens is 313 g/mol. The van der Waals surface area contributed by atoms with E-state index in [-0.39, 0.29) is 21.8 Å². The Hall–Kier alpha value is -2.41. The molecule has 1 aromatic heterocycles. The van der Waals surface area contributed by atoms with E-state index in [2.05, 4.69) is 0 Å². The number of piperazine rings is 1. The lowest BCUT2D eigenvalue weighted by molar-refractivity contribution is 0.0695. The van der Waals surface area contributed by atoms with E-state index in [1.54, 1.807) is 5.32 Å². The maximum atomic E-state index is 15.2. The number of nitrogens with zero attached hydrogens (tertiary/aromatic N) is 2. The van der Waals surface area contributed by atoms with Crippen molar-refractivity contribution in [1.29, 1.82) is 0 Å². The molecule has 1 aromatic carbocycles. The van der Waals surface area contributed by atoms with Crippen molar-refractivity contribution in [3.8, 4) is 0 Å². The van der Waals surface area contributed by atoms with Crippen molar-refractivity contribution in [1.82, 2.24) is 9.88 Å². The quantitative estimate of drug-likeness (QED) is 0.888. The zero-order valence-electron chi connectivity index (χ0n) is 20.3. The number of carboxylic acids is 1. The van der Waals surface area contributed by atoms with Gasteiger partial charge in [-0.1, -0.05) is 0 Å². The van der Waals surface area contributed by atoms with Crippen LogP contribution in [0.3, 0.4) is 0 Å². The molecule has 4 rings (SSSR count). The van der Waals surface area contributed by atoms with Crippen LogP contribution in [0.5, 0.6) is 0 Å². The van der Waals surface area contributed by atoms with Crippen molar-refractivity contribution in [2.45, 2.75) is 18.9 Å². The number of aromatic carboxylic acids is 1. The van der Waals surface area contributed by atoms with E-state index in [1.165, 1.54) is 4.57 Å². The van der Waals surface area contributed by atoms with Gasteiger partial charge >= 0.3 is 5.97 Å². The van der Waals surface area contributed by atoms with Crippen LogP contribution in [0.2, 0.25) is 0 Å². The summed E-state index contributed by atoms with van der Waals surface area (Å²) in [5.41, 5.74) is -2.37. The van der Waals surface area contributed by atoms with Gasteiger partial charge in [0, 0.05) is 49.1 Å². The number of pyridine rings is 1. The molecule has 2 fully saturated rings. The molecule has 126 valence electrons. The molecular formula is C17H18FN3O3. The molecule has 1 aliphatic heterocycles. The van der Waals surface area contributed by atoms with Crippen molar-refractivity contribution in [2.24, 2.45) is 0 Å². The number of hydrogen-bond acceptors (Lipinski definition) is 4. The summed E-state index contributed by atoms with van der Waals surface area (Å²) in [4.78, 5) is 24.1. The Morgan fingerprint density at radius 3 is 2.67 bits per heavy atom. The first kappa shape index (κ1) is 8.62. The first-order valence-electron chi connectivity index (χ1n) is 11.2. The highest BCUT2D eigenvalue weighted by molar-refractivity contribution is 5.93. The van der Waals surface area contributed by atoms with Crippen LogP contribution in [0.25, 0.3) is 10.9 Å². The molecule has 1 saturated carbocycles. The van der Waals surface area contributed by atoms with Crippen LogP contribution in [0.4, 0.5) is 10.1 Å². The van der Waals surface area contributed by atoms with Gasteiger partial charge in [-0.15, -0.1) is 0 Å². The first-order valence-corrected chi connectivity index (χ1v) is 7.24. The number of carboxylic acid groups (broad SMARTS) is 1.